The number of anilines is 2. The largest absolute Gasteiger partial charge is 0.383 e. The molecule has 0 aromatic heterocycles. The zero-order valence-corrected chi connectivity index (χ0v) is 19.2. The third-order valence-electron chi connectivity index (χ3n) is 6.78. The molecule has 178 valence electrons. The van der Waals surface area contributed by atoms with E-state index in [1.165, 1.54) is 23.1 Å². The van der Waals surface area contributed by atoms with Crippen molar-refractivity contribution in [2.24, 2.45) is 17.8 Å². The van der Waals surface area contributed by atoms with Gasteiger partial charge in [0.1, 0.15) is 0 Å². The first-order chi connectivity index (χ1) is 16.3. The molecule has 1 heterocycles. The van der Waals surface area contributed by atoms with Crippen molar-refractivity contribution < 1.29 is 19.3 Å². The molecule has 0 radical (unpaired) electrons. The maximum Gasteiger partial charge on any atom is 0.270 e. The van der Waals surface area contributed by atoms with Crippen LogP contribution in [0.5, 0.6) is 0 Å². The van der Waals surface area contributed by atoms with E-state index in [0.29, 0.717) is 17.3 Å². The first-order valence-corrected chi connectivity index (χ1v) is 11.5. The lowest BCUT2D eigenvalue weighted by Crippen LogP contribution is -2.35. The summed E-state index contributed by atoms with van der Waals surface area (Å²) in [5.74, 6) is -0.751. The Hall–Kier alpha value is -3.75. The molecule has 1 saturated carbocycles. The quantitative estimate of drug-likeness (QED) is 0.363. The fourth-order valence-electron chi connectivity index (χ4n) is 4.87. The number of nitrogens with zero attached hydrogens (tertiary/aromatic N) is 2. The number of carbonyl (C=O) groups is 3. The predicted octanol–water partition coefficient (Wildman–Crippen LogP) is 3.99. The summed E-state index contributed by atoms with van der Waals surface area (Å²) < 4.78 is 0. The van der Waals surface area contributed by atoms with Crippen LogP contribution in [0.4, 0.5) is 17.1 Å². The van der Waals surface area contributed by atoms with Gasteiger partial charge < -0.3 is 10.6 Å². The van der Waals surface area contributed by atoms with Gasteiger partial charge in [-0.15, -0.1) is 0 Å². The SMILES string of the molecule is Cc1ccccc1NC(=O)c1cc([N+](=O)[O-])ccc1NCCN1C(=O)[C@H]2CC[C@@H](C)C[C@@H]2C1=O. The number of imide groups is 1. The summed E-state index contributed by atoms with van der Waals surface area (Å²) in [6.07, 6.45) is 2.44. The second-order valence-corrected chi connectivity index (χ2v) is 9.14. The van der Waals surface area contributed by atoms with Crippen LogP contribution in [0, 0.1) is 34.8 Å². The predicted molar refractivity (Wildman–Crippen MR) is 127 cm³/mol. The van der Waals surface area contributed by atoms with Crippen LogP contribution in [0.3, 0.4) is 0 Å². The van der Waals surface area contributed by atoms with Crippen LogP contribution in [0.2, 0.25) is 0 Å². The topological polar surface area (TPSA) is 122 Å². The van der Waals surface area contributed by atoms with Crippen LogP contribution in [0.1, 0.15) is 42.1 Å². The Morgan fingerprint density at radius 1 is 1.09 bits per heavy atom. The van der Waals surface area contributed by atoms with Gasteiger partial charge in [-0.1, -0.05) is 25.1 Å². The van der Waals surface area contributed by atoms with E-state index in [0.717, 1.165) is 24.8 Å². The van der Waals surface area contributed by atoms with Gasteiger partial charge in [0.25, 0.3) is 11.6 Å². The normalized spacial score (nSPS) is 21.8. The van der Waals surface area contributed by atoms with E-state index in [1.54, 1.807) is 12.1 Å². The number of nitrogens with one attached hydrogen (secondary N) is 2. The van der Waals surface area contributed by atoms with E-state index in [4.69, 9.17) is 0 Å². The highest BCUT2D eigenvalue weighted by Gasteiger charge is 2.49. The van der Waals surface area contributed by atoms with Gasteiger partial charge in [0, 0.05) is 36.6 Å². The lowest BCUT2D eigenvalue weighted by Gasteiger charge is -2.25. The molecule has 1 aliphatic carbocycles. The molecule has 3 atom stereocenters. The van der Waals surface area contributed by atoms with Gasteiger partial charge >= 0.3 is 0 Å². The van der Waals surface area contributed by atoms with Crippen LogP contribution < -0.4 is 10.6 Å². The molecule has 34 heavy (non-hydrogen) atoms. The van der Waals surface area contributed by atoms with Crippen LogP contribution in [0.25, 0.3) is 0 Å². The highest BCUT2D eigenvalue weighted by molar-refractivity contribution is 6.09. The molecule has 4 rings (SSSR count). The smallest absolute Gasteiger partial charge is 0.270 e. The number of hydrogen-bond donors (Lipinski definition) is 2. The molecule has 2 N–H and O–H groups in total. The average Bonchev–Trinajstić information content (AvgIpc) is 3.04. The number of nitro benzene ring substituents is 1. The number of likely N-dealkylation sites (tertiary alicyclic amines) is 1. The number of carbonyl (C=O) groups excluding carboxylic acids is 3. The lowest BCUT2D eigenvalue weighted by atomic mass is 9.76. The van der Waals surface area contributed by atoms with Crippen molar-refractivity contribution in [3.63, 3.8) is 0 Å². The number of fused-ring (bicyclic) bond motifs is 1. The number of hydrogen-bond acceptors (Lipinski definition) is 6. The number of benzene rings is 2. The van der Waals surface area contributed by atoms with Crippen LogP contribution >= 0.6 is 0 Å². The lowest BCUT2D eigenvalue weighted by molar-refractivity contribution is -0.384. The zero-order valence-electron chi connectivity index (χ0n) is 19.2. The second-order valence-electron chi connectivity index (χ2n) is 9.14. The van der Waals surface area contributed by atoms with Crippen LogP contribution in [0.15, 0.2) is 42.5 Å². The first-order valence-electron chi connectivity index (χ1n) is 11.5. The highest BCUT2D eigenvalue weighted by atomic mass is 16.6. The van der Waals surface area contributed by atoms with Crippen LogP contribution in [-0.4, -0.2) is 40.6 Å². The van der Waals surface area contributed by atoms with Crippen molar-refractivity contribution in [3.8, 4) is 0 Å². The maximum absolute atomic E-state index is 13.0. The molecule has 9 heteroatoms. The number of aryl methyl sites for hydroxylation is 1. The van der Waals surface area contributed by atoms with Gasteiger partial charge in [-0.3, -0.25) is 29.4 Å². The summed E-state index contributed by atoms with van der Waals surface area (Å²) in [4.78, 5) is 50.6. The van der Waals surface area contributed by atoms with Crippen molar-refractivity contribution in [3.05, 3.63) is 63.7 Å². The number of para-hydroxylation sites is 1. The summed E-state index contributed by atoms with van der Waals surface area (Å²) in [5, 5.41) is 17.2. The molecule has 1 aliphatic heterocycles. The van der Waals surface area contributed by atoms with Crippen molar-refractivity contribution >= 4 is 34.8 Å². The molecule has 2 aromatic rings. The molecule has 0 spiro atoms. The van der Waals surface area contributed by atoms with E-state index in [-0.39, 0.29) is 48.0 Å². The molecule has 9 nitrogen and oxygen atoms in total. The van der Waals surface area contributed by atoms with Crippen molar-refractivity contribution in [1.82, 2.24) is 4.90 Å². The van der Waals surface area contributed by atoms with E-state index < -0.39 is 10.8 Å². The number of nitro groups is 1. The Bertz CT molecular complexity index is 1150. The number of amides is 3. The summed E-state index contributed by atoms with van der Waals surface area (Å²) in [5.41, 5.74) is 1.76. The number of rotatable bonds is 7. The van der Waals surface area contributed by atoms with Gasteiger partial charge in [-0.2, -0.15) is 0 Å². The summed E-state index contributed by atoms with van der Waals surface area (Å²) in [6, 6.07) is 11.3. The van der Waals surface area contributed by atoms with E-state index in [1.807, 2.05) is 19.1 Å². The second kappa shape index (κ2) is 9.62. The molecule has 2 aliphatic rings. The standard InChI is InChI=1S/C25H28N4O5/c1-15-7-9-18-19(13-15)25(32)28(24(18)31)12-11-26-22-10-8-17(29(33)34)14-20(22)23(30)27-21-6-4-3-5-16(21)2/h3-6,8,10,14-15,18-19,26H,7,9,11-13H2,1-2H3,(H,27,30)/t15-,18+,19+/m1/s1. The Labute approximate surface area is 197 Å². The number of non-ortho nitro benzene ring substituents is 1. The van der Waals surface area contributed by atoms with Crippen molar-refractivity contribution in [1.29, 1.82) is 0 Å². The molecular weight excluding hydrogens is 436 g/mol. The Morgan fingerprint density at radius 2 is 1.82 bits per heavy atom. The minimum absolute atomic E-state index is 0.110. The minimum atomic E-state index is -0.557. The monoisotopic (exact) mass is 464 g/mol. The van der Waals surface area contributed by atoms with E-state index >= 15 is 0 Å². The van der Waals surface area contributed by atoms with Gasteiger partial charge in [-0.05, 0) is 49.8 Å². The summed E-state index contributed by atoms with van der Waals surface area (Å²) in [6.45, 7) is 4.37. The maximum atomic E-state index is 13.0. The highest BCUT2D eigenvalue weighted by Crippen LogP contribution is 2.40. The minimum Gasteiger partial charge on any atom is -0.383 e. The fraction of sp³-hybridized carbons (Fsp3) is 0.400. The van der Waals surface area contributed by atoms with E-state index in [9.17, 15) is 24.5 Å². The molecule has 2 fully saturated rings. The molecule has 2 aromatic carbocycles. The fourth-order valence-corrected chi connectivity index (χ4v) is 4.87. The van der Waals surface area contributed by atoms with Crippen LogP contribution in [-0.2, 0) is 9.59 Å². The Balaban J connectivity index is 1.48. The van der Waals surface area contributed by atoms with E-state index in [2.05, 4.69) is 17.6 Å². The molecule has 1 saturated heterocycles. The molecule has 0 unspecified atom stereocenters. The molecule has 0 bridgehead atoms. The van der Waals surface area contributed by atoms with Gasteiger partial charge in [0.2, 0.25) is 11.8 Å². The first kappa shape index (κ1) is 23.4. The van der Waals surface area contributed by atoms with Crippen molar-refractivity contribution in [2.75, 3.05) is 23.7 Å². The van der Waals surface area contributed by atoms with Gasteiger partial charge in [-0.25, -0.2) is 0 Å². The van der Waals surface area contributed by atoms with Crippen molar-refractivity contribution in [2.45, 2.75) is 33.1 Å². The molecule has 3 amide bonds. The van der Waals surface area contributed by atoms with Gasteiger partial charge in [0.05, 0.1) is 22.3 Å². The third-order valence-corrected chi connectivity index (χ3v) is 6.78. The summed E-state index contributed by atoms with van der Waals surface area (Å²) >= 11 is 0. The average molecular weight is 465 g/mol. The summed E-state index contributed by atoms with van der Waals surface area (Å²) in [7, 11) is 0. The molecular formula is C25H28N4O5. The zero-order chi connectivity index (χ0) is 24.4. The third kappa shape index (κ3) is 4.64. The van der Waals surface area contributed by atoms with Gasteiger partial charge in [0.15, 0.2) is 0 Å². The Morgan fingerprint density at radius 3 is 2.56 bits per heavy atom. The Kier molecular flexibility index (Phi) is 6.63.